The summed E-state index contributed by atoms with van der Waals surface area (Å²) in [5, 5.41) is 12.3. The Kier molecular flexibility index (Phi) is 6.36. The Labute approximate surface area is 197 Å². The quantitative estimate of drug-likeness (QED) is 0.397. The molecule has 5 nitrogen and oxygen atoms in total. The summed E-state index contributed by atoms with van der Waals surface area (Å²) >= 11 is 0. The second kappa shape index (κ2) is 8.96. The zero-order chi connectivity index (χ0) is 24.7. The van der Waals surface area contributed by atoms with Crippen LogP contribution in [0.4, 0.5) is 24.8 Å². The summed E-state index contributed by atoms with van der Waals surface area (Å²) in [4.78, 5) is 15.8. The van der Waals surface area contributed by atoms with Crippen molar-refractivity contribution in [3.8, 4) is 0 Å². The fraction of sp³-hybridized carbons (Fsp3) is 0.462. The topological polar surface area (TPSA) is 67.2 Å². The molecule has 1 fully saturated rings. The third-order valence-electron chi connectivity index (χ3n) is 6.58. The molecule has 0 spiro atoms. The van der Waals surface area contributed by atoms with Gasteiger partial charge in [-0.15, -0.1) is 0 Å². The van der Waals surface area contributed by atoms with Gasteiger partial charge in [-0.1, -0.05) is 26.8 Å². The number of hydrogen-bond donors (Lipinski definition) is 2. The van der Waals surface area contributed by atoms with Crippen LogP contribution in [0.5, 0.6) is 0 Å². The third kappa shape index (κ3) is 5.37. The molecule has 0 bridgehead atoms. The fourth-order valence-corrected chi connectivity index (χ4v) is 5.37. The second-order valence-electron chi connectivity index (χ2n) is 10.3. The number of fused-ring (bicyclic) bond motifs is 1. The highest BCUT2D eigenvalue weighted by molar-refractivity contribution is 5.81. The first-order valence-corrected chi connectivity index (χ1v) is 11.6. The number of aromatic nitrogens is 2. The molecule has 0 amide bonds. The van der Waals surface area contributed by atoms with Gasteiger partial charge in [-0.2, -0.15) is 13.2 Å². The van der Waals surface area contributed by atoms with E-state index in [4.69, 9.17) is 10.1 Å². The van der Waals surface area contributed by atoms with Crippen LogP contribution < -0.4 is 5.32 Å². The van der Waals surface area contributed by atoms with E-state index in [2.05, 4.69) is 30.7 Å². The average molecular weight is 474 g/mol. The Morgan fingerprint density at radius 2 is 1.88 bits per heavy atom. The van der Waals surface area contributed by atoms with Crippen LogP contribution in [0.25, 0.3) is 11.0 Å². The van der Waals surface area contributed by atoms with Crippen LogP contribution in [0.3, 0.4) is 0 Å². The lowest BCUT2D eigenvalue weighted by Crippen LogP contribution is -2.29. The van der Waals surface area contributed by atoms with Gasteiger partial charge in [0.25, 0.3) is 0 Å². The highest BCUT2D eigenvalue weighted by Gasteiger charge is 2.35. The molecule has 0 unspecified atom stereocenters. The molecule has 1 saturated carbocycles. The molecule has 1 aromatic heterocycles. The largest absolute Gasteiger partial charge is 0.481 e. The van der Waals surface area contributed by atoms with Crippen molar-refractivity contribution >= 4 is 28.6 Å². The summed E-state index contributed by atoms with van der Waals surface area (Å²) in [6.45, 7) is 6.78. The number of rotatable bonds is 6. The number of hydrogen-bond acceptors (Lipinski definition) is 3. The van der Waals surface area contributed by atoms with E-state index in [0.717, 1.165) is 48.0 Å². The number of halogens is 3. The summed E-state index contributed by atoms with van der Waals surface area (Å²) in [6.07, 6.45) is -0.855. The first kappa shape index (κ1) is 24.1. The minimum atomic E-state index is -4.39. The van der Waals surface area contributed by atoms with E-state index >= 15 is 0 Å². The zero-order valence-electron chi connectivity index (χ0n) is 19.6. The number of carboxylic acids is 1. The number of anilines is 2. The lowest BCUT2D eigenvalue weighted by molar-refractivity contribution is -0.138. The van der Waals surface area contributed by atoms with Crippen molar-refractivity contribution in [2.45, 2.75) is 65.1 Å². The van der Waals surface area contributed by atoms with E-state index in [1.165, 1.54) is 12.1 Å². The molecule has 34 heavy (non-hydrogen) atoms. The maximum atomic E-state index is 13.0. The average Bonchev–Trinajstić information content (AvgIpc) is 3.07. The van der Waals surface area contributed by atoms with Crippen molar-refractivity contribution in [2.24, 2.45) is 11.3 Å². The second-order valence-corrected chi connectivity index (χ2v) is 10.3. The number of aliphatic carboxylic acids is 1. The lowest BCUT2D eigenvalue weighted by Gasteiger charge is -2.40. The molecule has 1 aliphatic carbocycles. The number of nitrogens with one attached hydrogen (secondary N) is 1. The van der Waals surface area contributed by atoms with Crippen LogP contribution >= 0.6 is 0 Å². The molecule has 0 aliphatic heterocycles. The van der Waals surface area contributed by atoms with Crippen LogP contribution in [0.1, 0.15) is 63.6 Å². The highest BCUT2D eigenvalue weighted by atomic mass is 19.4. The molecular weight excluding hydrogens is 443 g/mol. The summed E-state index contributed by atoms with van der Waals surface area (Å²) < 4.78 is 41.1. The molecule has 2 aromatic carbocycles. The minimum Gasteiger partial charge on any atom is -0.481 e. The monoisotopic (exact) mass is 473 g/mol. The van der Waals surface area contributed by atoms with Gasteiger partial charge in [0.2, 0.25) is 5.95 Å². The number of benzene rings is 2. The predicted molar refractivity (Wildman–Crippen MR) is 126 cm³/mol. The van der Waals surface area contributed by atoms with Crippen molar-refractivity contribution in [1.29, 1.82) is 0 Å². The van der Waals surface area contributed by atoms with Crippen LogP contribution in [0.15, 0.2) is 42.5 Å². The van der Waals surface area contributed by atoms with Crippen molar-refractivity contribution in [3.63, 3.8) is 0 Å². The fourth-order valence-electron chi connectivity index (χ4n) is 5.37. The summed E-state index contributed by atoms with van der Waals surface area (Å²) in [6, 6.07) is 11.0. The molecule has 8 heteroatoms. The normalized spacial score (nSPS) is 20.4. The van der Waals surface area contributed by atoms with Gasteiger partial charge in [-0.05, 0) is 79.0 Å². The van der Waals surface area contributed by atoms with Crippen molar-refractivity contribution in [1.82, 2.24) is 9.55 Å². The molecule has 0 radical (unpaired) electrons. The predicted octanol–water partition coefficient (Wildman–Crippen LogP) is 7.20. The van der Waals surface area contributed by atoms with Gasteiger partial charge in [0.05, 0.1) is 16.6 Å². The number of imidazole rings is 1. The minimum absolute atomic E-state index is 0.0389. The molecule has 182 valence electrons. The van der Waals surface area contributed by atoms with Crippen molar-refractivity contribution in [3.05, 3.63) is 53.6 Å². The highest BCUT2D eigenvalue weighted by Crippen LogP contribution is 2.46. The molecular formula is C26H30F3N3O2. The van der Waals surface area contributed by atoms with Crippen LogP contribution in [0.2, 0.25) is 0 Å². The van der Waals surface area contributed by atoms with E-state index in [9.17, 15) is 18.0 Å². The molecule has 0 saturated heterocycles. The maximum absolute atomic E-state index is 13.0. The molecule has 3 aromatic rings. The molecule has 1 aliphatic rings. The molecule has 4 rings (SSSR count). The van der Waals surface area contributed by atoms with E-state index in [1.807, 2.05) is 18.2 Å². The van der Waals surface area contributed by atoms with Gasteiger partial charge >= 0.3 is 12.1 Å². The van der Waals surface area contributed by atoms with E-state index < -0.39 is 17.7 Å². The Morgan fingerprint density at radius 3 is 2.50 bits per heavy atom. The summed E-state index contributed by atoms with van der Waals surface area (Å²) in [7, 11) is 0. The number of carboxylic acid groups (broad SMARTS) is 1. The first-order valence-electron chi connectivity index (χ1n) is 11.6. The van der Waals surface area contributed by atoms with Crippen LogP contribution in [-0.2, 0) is 17.4 Å². The summed E-state index contributed by atoms with van der Waals surface area (Å²) in [5.41, 5.74) is 2.55. The third-order valence-corrected chi connectivity index (χ3v) is 6.58. The smallest absolute Gasteiger partial charge is 0.416 e. The number of nitrogens with zero attached hydrogens (tertiary/aromatic N) is 2. The van der Waals surface area contributed by atoms with Gasteiger partial charge in [-0.3, -0.25) is 4.79 Å². The van der Waals surface area contributed by atoms with Gasteiger partial charge in [0.15, 0.2) is 0 Å². The van der Waals surface area contributed by atoms with E-state index in [-0.39, 0.29) is 17.9 Å². The van der Waals surface area contributed by atoms with Gasteiger partial charge < -0.3 is 15.0 Å². The molecule has 2 N–H and O–H groups in total. The van der Waals surface area contributed by atoms with Crippen LogP contribution in [-0.4, -0.2) is 20.6 Å². The van der Waals surface area contributed by atoms with E-state index in [0.29, 0.717) is 24.0 Å². The number of carbonyl (C=O) groups is 1. The Hall–Kier alpha value is -3.03. The van der Waals surface area contributed by atoms with E-state index in [1.54, 1.807) is 0 Å². The van der Waals surface area contributed by atoms with Gasteiger partial charge in [-0.25, -0.2) is 4.98 Å². The zero-order valence-corrected chi connectivity index (χ0v) is 19.6. The standard InChI is InChI=1S/C26H30F3N3O2/c1-16-12-20(15-25(2,3)14-16)32-22-10-4-17(5-11-23(33)34)13-21(22)31-24(32)30-19-8-6-18(7-9-19)26(27,28)29/h4,6-10,13,16,20H,5,11-12,14-15H2,1-3H3,(H,30,31)(H,33,34)/t16-,20+/m0/s1. The maximum Gasteiger partial charge on any atom is 0.416 e. The first-order chi connectivity index (χ1) is 15.9. The molecule has 1 heterocycles. The Bertz CT molecular complexity index is 1180. The van der Waals surface area contributed by atoms with Crippen LogP contribution in [0, 0.1) is 11.3 Å². The van der Waals surface area contributed by atoms with Crippen molar-refractivity contribution in [2.75, 3.05) is 5.32 Å². The summed E-state index contributed by atoms with van der Waals surface area (Å²) in [5.74, 6) is 0.258. The Balaban J connectivity index is 1.74. The Morgan fingerprint density at radius 1 is 1.18 bits per heavy atom. The number of alkyl halides is 3. The molecule has 2 atom stereocenters. The van der Waals surface area contributed by atoms with Gasteiger partial charge in [0, 0.05) is 18.2 Å². The van der Waals surface area contributed by atoms with Gasteiger partial charge in [0.1, 0.15) is 0 Å². The van der Waals surface area contributed by atoms with Crippen molar-refractivity contribution < 1.29 is 23.1 Å². The SMILES string of the molecule is C[C@H]1C[C@@H](n2c(Nc3ccc(C(F)(F)F)cc3)nc3cc(CCC(=O)O)ccc32)CC(C)(C)C1. The number of aryl methyl sites for hydroxylation is 1. The lowest BCUT2D eigenvalue weighted by atomic mass is 9.70.